The number of likely N-dealkylation sites (tertiary alicyclic amines) is 1. The molecule has 4 heteroatoms. The SMILES string of the molecule is CC1CCCN(CC(c2ccc(F)cc2)N2CCNCC2C)C1. The van der Waals surface area contributed by atoms with E-state index in [1.54, 1.807) is 12.1 Å². The van der Waals surface area contributed by atoms with Gasteiger partial charge in [0.1, 0.15) is 5.82 Å². The lowest BCUT2D eigenvalue weighted by Gasteiger charge is -2.43. The van der Waals surface area contributed by atoms with Crippen molar-refractivity contribution in [3.63, 3.8) is 0 Å². The largest absolute Gasteiger partial charge is 0.314 e. The maximum absolute atomic E-state index is 13.3. The lowest BCUT2D eigenvalue weighted by Crippen LogP contribution is -2.53. The van der Waals surface area contributed by atoms with Crippen LogP contribution in [0.1, 0.15) is 38.3 Å². The molecule has 0 saturated carbocycles. The first kappa shape index (κ1) is 16.9. The first-order valence-corrected chi connectivity index (χ1v) is 9.08. The minimum Gasteiger partial charge on any atom is -0.314 e. The maximum Gasteiger partial charge on any atom is 0.123 e. The Morgan fingerprint density at radius 2 is 2.00 bits per heavy atom. The van der Waals surface area contributed by atoms with Gasteiger partial charge in [-0.3, -0.25) is 4.90 Å². The van der Waals surface area contributed by atoms with Gasteiger partial charge < -0.3 is 10.2 Å². The molecular weight excluding hydrogens is 289 g/mol. The molecule has 3 nitrogen and oxygen atoms in total. The van der Waals surface area contributed by atoms with Crippen LogP contribution in [0.2, 0.25) is 0 Å². The number of nitrogens with one attached hydrogen (secondary N) is 1. The summed E-state index contributed by atoms with van der Waals surface area (Å²) in [5, 5.41) is 3.48. The van der Waals surface area contributed by atoms with E-state index in [0.29, 0.717) is 12.1 Å². The van der Waals surface area contributed by atoms with Crippen molar-refractivity contribution < 1.29 is 4.39 Å². The summed E-state index contributed by atoms with van der Waals surface area (Å²) in [6.45, 7) is 11.2. The van der Waals surface area contributed by atoms with Crippen molar-refractivity contribution in [1.29, 1.82) is 0 Å². The highest BCUT2D eigenvalue weighted by molar-refractivity contribution is 5.21. The van der Waals surface area contributed by atoms with Gasteiger partial charge in [-0.1, -0.05) is 19.1 Å². The molecule has 128 valence electrons. The Morgan fingerprint density at radius 1 is 1.22 bits per heavy atom. The van der Waals surface area contributed by atoms with E-state index in [1.807, 2.05) is 12.1 Å². The van der Waals surface area contributed by atoms with Gasteiger partial charge in [-0.05, 0) is 49.9 Å². The molecule has 3 atom stereocenters. The van der Waals surface area contributed by atoms with Crippen molar-refractivity contribution in [2.45, 2.75) is 38.8 Å². The van der Waals surface area contributed by atoms with E-state index in [-0.39, 0.29) is 5.82 Å². The highest BCUT2D eigenvalue weighted by Crippen LogP contribution is 2.27. The van der Waals surface area contributed by atoms with Crippen molar-refractivity contribution >= 4 is 0 Å². The zero-order chi connectivity index (χ0) is 16.2. The molecule has 2 aliphatic rings. The highest BCUT2D eigenvalue weighted by Gasteiger charge is 2.29. The fourth-order valence-electron chi connectivity index (χ4n) is 4.10. The van der Waals surface area contributed by atoms with Crippen molar-refractivity contribution in [3.8, 4) is 0 Å². The van der Waals surface area contributed by atoms with E-state index in [1.165, 1.54) is 31.5 Å². The minimum atomic E-state index is -0.146. The Bertz CT molecular complexity index is 490. The van der Waals surface area contributed by atoms with Crippen LogP contribution < -0.4 is 5.32 Å². The molecule has 2 saturated heterocycles. The molecule has 3 unspecified atom stereocenters. The van der Waals surface area contributed by atoms with Gasteiger partial charge in [-0.2, -0.15) is 0 Å². The number of rotatable bonds is 4. The Labute approximate surface area is 139 Å². The van der Waals surface area contributed by atoms with Crippen LogP contribution in [0.25, 0.3) is 0 Å². The van der Waals surface area contributed by atoms with Crippen molar-refractivity contribution in [1.82, 2.24) is 15.1 Å². The number of halogens is 1. The van der Waals surface area contributed by atoms with E-state index in [4.69, 9.17) is 0 Å². The Kier molecular flexibility index (Phi) is 5.67. The molecule has 0 aromatic heterocycles. The van der Waals surface area contributed by atoms with Gasteiger partial charge in [0, 0.05) is 44.8 Å². The Hall–Kier alpha value is -0.970. The molecule has 1 N–H and O–H groups in total. The minimum absolute atomic E-state index is 0.146. The van der Waals surface area contributed by atoms with Crippen molar-refractivity contribution in [2.75, 3.05) is 39.3 Å². The molecule has 3 rings (SSSR count). The molecule has 1 aromatic rings. The van der Waals surface area contributed by atoms with Crippen LogP contribution in [-0.4, -0.2) is 55.1 Å². The number of piperazine rings is 1. The Morgan fingerprint density at radius 3 is 2.70 bits per heavy atom. The van der Waals surface area contributed by atoms with Crippen molar-refractivity contribution in [3.05, 3.63) is 35.6 Å². The summed E-state index contributed by atoms with van der Waals surface area (Å²) in [6.07, 6.45) is 2.65. The lowest BCUT2D eigenvalue weighted by molar-refractivity contribution is 0.0700. The average Bonchev–Trinajstić information content (AvgIpc) is 2.54. The van der Waals surface area contributed by atoms with Gasteiger partial charge in [0.05, 0.1) is 0 Å². The first-order chi connectivity index (χ1) is 11.1. The smallest absolute Gasteiger partial charge is 0.123 e. The van der Waals surface area contributed by atoms with Crippen LogP contribution in [0.3, 0.4) is 0 Å². The van der Waals surface area contributed by atoms with Crippen LogP contribution in [0.15, 0.2) is 24.3 Å². The molecule has 0 spiro atoms. The molecule has 0 radical (unpaired) electrons. The van der Waals surface area contributed by atoms with Crippen LogP contribution in [0.5, 0.6) is 0 Å². The molecule has 0 amide bonds. The number of benzene rings is 1. The third kappa shape index (κ3) is 4.31. The second kappa shape index (κ2) is 7.73. The summed E-state index contributed by atoms with van der Waals surface area (Å²) in [5.41, 5.74) is 1.25. The zero-order valence-corrected chi connectivity index (χ0v) is 14.5. The van der Waals surface area contributed by atoms with Gasteiger partial charge in [-0.25, -0.2) is 4.39 Å². The third-order valence-corrected chi connectivity index (χ3v) is 5.38. The highest BCUT2D eigenvalue weighted by atomic mass is 19.1. The normalized spacial score (nSPS) is 28.7. The summed E-state index contributed by atoms with van der Waals surface area (Å²) in [6, 6.07) is 8.03. The monoisotopic (exact) mass is 319 g/mol. The molecule has 1 aromatic carbocycles. The number of piperidine rings is 1. The molecule has 2 fully saturated rings. The van der Waals surface area contributed by atoms with E-state index >= 15 is 0 Å². The van der Waals surface area contributed by atoms with E-state index in [2.05, 4.69) is 29.0 Å². The second-order valence-electron chi connectivity index (χ2n) is 7.37. The maximum atomic E-state index is 13.3. The van der Waals surface area contributed by atoms with Crippen molar-refractivity contribution in [2.24, 2.45) is 5.92 Å². The first-order valence-electron chi connectivity index (χ1n) is 9.08. The summed E-state index contributed by atoms with van der Waals surface area (Å²) in [7, 11) is 0. The fraction of sp³-hybridized carbons (Fsp3) is 0.684. The number of hydrogen-bond acceptors (Lipinski definition) is 3. The second-order valence-corrected chi connectivity index (χ2v) is 7.37. The van der Waals surface area contributed by atoms with E-state index in [9.17, 15) is 4.39 Å². The average molecular weight is 319 g/mol. The summed E-state index contributed by atoms with van der Waals surface area (Å²) in [5.74, 6) is 0.644. The fourth-order valence-corrected chi connectivity index (χ4v) is 4.10. The van der Waals surface area contributed by atoms with Gasteiger partial charge in [0.25, 0.3) is 0 Å². The summed E-state index contributed by atoms with van der Waals surface area (Å²) in [4.78, 5) is 5.21. The molecule has 2 heterocycles. The summed E-state index contributed by atoms with van der Waals surface area (Å²) < 4.78 is 13.3. The standard InChI is InChI=1S/C19H30FN3/c1-15-4-3-10-22(13-15)14-19(17-5-7-18(20)8-6-17)23-11-9-21-12-16(23)2/h5-8,15-16,19,21H,3-4,9-14H2,1-2H3. The lowest BCUT2D eigenvalue weighted by atomic mass is 9.97. The predicted molar refractivity (Wildman–Crippen MR) is 93.0 cm³/mol. The van der Waals surface area contributed by atoms with Crippen LogP contribution in [0.4, 0.5) is 4.39 Å². The molecule has 0 bridgehead atoms. The van der Waals surface area contributed by atoms with Crippen LogP contribution >= 0.6 is 0 Å². The topological polar surface area (TPSA) is 18.5 Å². The quantitative estimate of drug-likeness (QED) is 0.920. The number of hydrogen-bond donors (Lipinski definition) is 1. The van der Waals surface area contributed by atoms with E-state index < -0.39 is 0 Å². The van der Waals surface area contributed by atoms with Gasteiger partial charge in [-0.15, -0.1) is 0 Å². The molecule has 2 aliphatic heterocycles. The zero-order valence-electron chi connectivity index (χ0n) is 14.5. The third-order valence-electron chi connectivity index (χ3n) is 5.38. The van der Waals surface area contributed by atoms with Gasteiger partial charge in [0.15, 0.2) is 0 Å². The predicted octanol–water partition coefficient (Wildman–Crippen LogP) is 2.89. The van der Waals surface area contributed by atoms with Gasteiger partial charge >= 0.3 is 0 Å². The van der Waals surface area contributed by atoms with Gasteiger partial charge in [0.2, 0.25) is 0 Å². The molecule has 0 aliphatic carbocycles. The Balaban J connectivity index is 1.78. The van der Waals surface area contributed by atoms with Crippen LogP contribution in [-0.2, 0) is 0 Å². The van der Waals surface area contributed by atoms with E-state index in [0.717, 1.165) is 32.1 Å². The summed E-state index contributed by atoms with van der Waals surface area (Å²) >= 11 is 0. The van der Waals surface area contributed by atoms with Crippen LogP contribution in [0, 0.1) is 11.7 Å². The number of nitrogens with zero attached hydrogens (tertiary/aromatic N) is 2. The molecule has 23 heavy (non-hydrogen) atoms. The molecular formula is C19H30FN3.